The molecule has 0 saturated carbocycles. The minimum absolute atomic E-state index is 0.147. The van der Waals surface area contributed by atoms with Gasteiger partial charge in [-0.1, -0.05) is 23.7 Å². The van der Waals surface area contributed by atoms with Crippen LogP contribution in [0.15, 0.2) is 53.5 Å². The third kappa shape index (κ3) is 5.51. The lowest BCUT2D eigenvalue weighted by atomic mass is 10.1. The first kappa shape index (κ1) is 24.4. The summed E-state index contributed by atoms with van der Waals surface area (Å²) < 4.78 is 47.8. The molecule has 3 atom stereocenters. The number of aliphatic hydroxyl groups excluding tert-OH is 1. The zero-order chi connectivity index (χ0) is 24.5. The van der Waals surface area contributed by atoms with Gasteiger partial charge < -0.3 is 14.6 Å². The van der Waals surface area contributed by atoms with Crippen LogP contribution in [-0.2, 0) is 4.79 Å². The van der Waals surface area contributed by atoms with Crippen molar-refractivity contribution in [3.05, 3.63) is 59.1 Å². The normalized spacial score (nSPS) is 20.7. The number of benzene rings is 2. The number of fused-ring (bicyclic) bond motifs is 1. The second-order valence-corrected chi connectivity index (χ2v) is 9.28. The topological polar surface area (TPSA) is 71.4 Å². The fraction of sp³-hybridized carbons (Fsp3) is 0.304. The molecular weight excluding hydrogens is 493 g/mol. The van der Waals surface area contributed by atoms with E-state index in [1.807, 2.05) is 18.2 Å². The lowest BCUT2D eigenvalue weighted by molar-refractivity contribution is -0.156. The summed E-state index contributed by atoms with van der Waals surface area (Å²) in [6.07, 6.45) is -4.18. The Morgan fingerprint density at radius 3 is 2.62 bits per heavy atom. The number of hydrogen-bond donors (Lipinski definition) is 1. The maximum absolute atomic E-state index is 13.2. The lowest BCUT2D eigenvalue weighted by Gasteiger charge is -2.28. The molecule has 1 amide bonds. The number of carbonyl (C=O) groups is 1. The molecule has 11 heteroatoms. The molecule has 34 heavy (non-hydrogen) atoms. The number of anilines is 1. The van der Waals surface area contributed by atoms with Crippen LogP contribution >= 0.6 is 23.4 Å². The van der Waals surface area contributed by atoms with Crippen LogP contribution in [0.3, 0.4) is 0 Å². The highest BCUT2D eigenvalue weighted by atomic mass is 35.5. The Hall–Kier alpha value is -2.69. The van der Waals surface area contributed by atoms with Crippen molar-refractivity contribution >= 4 is 46.2 Å². The fourth-order valence-corrected chi connectivity index (χ4v) is 4.95. The van der Waals surface area contributed by atoms with Gasteiger partial charge in [-0.15, -0.1) is 11.8 Å². The highest BCUT2D eigenvalue weighted by molar-refractivity contribution is 8.09. The summed E-state index contributed by atoms with van der Waals surface area (Å²) in [5.74, 6) is 0.189. The Bertz CT molecular complexity index is 1120. The molecule has 6 nitrogen and oxygen atoms in total. The van der Waals surface area contributed by atoms with Gasteiger partial charge in [0.15, 0.2) is 11.5 Å². The monoisotopic (exact) mass is 512 g/mol. The van der Waals surface area contributed by atoms with Gasteiger partial charge in [0.25, 0.3) is 0 Å². The summed E-state index contributed by atoms with van der Waals surface area (Å²) in [6, 6.07) is 11.6. The van der Waals surface area contributed by atoms with Crippen molar-refractivity contribution < 1.29 is 32.5 Å². The summed E-state index contributed by atoms with van der Waals surface area (Å²) in [5.41, 5.74) is 1.42. The van der Waals surface area contributed by atoms with E-state index in [9.17, 15) is 23.1 Å². The second kappa shape index (κ2) is 9.89. The number of alkyl halides is 3. The predicted molar refractivity (Wildman–Crippen MR) is 126 cm³/mol. The molecule has 0 radical (unpaired) electrons. The summed E-state index contributed by atoms with van der Waals surface area (Å²) in [5, 5.41) is 9.73. The molecule has 3 unspecified atom stereocenters. The van der Waals surface area contributed by atoms with Gasteiger partial charge in [-0.05, 0) is 35.9 Å². The minimum atomic E-state index is -4.50. The van der Waals surface area contributed by atoms with Crippen LogP contribution in [-0.4, -0.2) is 54.6 Å². The van der Waals surface area contributed by atoms with Crippen molar-refractivity contribution in [1.82, 2.24) is 0 Å². The molecule has 0 spiro atoms. The molecule has 1 N–H and O–H groups in total. The van der Waals surface area contributed by atoms with Gasteiger partial charge in [0.2, 0.25) is 5.91 Å². The standard InChI is InChI=1S/C23H20ClF3N2O4S/c1-32-19-8-15(6-7-18(19)33-11-16(30)10-23(25,26)27)29-12-28-17-9-20(34-21(17)22(29)31)13-2-4-14(24)5-3-13/h2-9,12,16-17,21,30H,10-11H2,1H3. The number of amides is 1. The predicted octanol–water partition coefficient (Wildman–Crippen LogP) is 4.94. The van der Waals surface area contributed by atoms with Crippen molar-refractivity contribution in [2.75, 3.05) is 18.6 Å². The molecule has 0 bridgehead atoms. The highest BCUT2D eigenvalue weighted by Gasteiger charge is 2.40. The van der Waals surface area contributed by atoms with Crippen molar-refractivity contribution in [3.8, 4) is 11.5 Å². The Labute approximate surface area is 203 Å². The Balaban J connectivity index is 1.46. The van der Waals surface area contributed by atoms with Gasteiger partial charge >= 0.3 is 6.18 Å². The maximum atomic E-state index is 13.2. The molecule has 0 aromatic heterocycles. The van der Waals surface area contributed by atoms with Crippen LogP contribution in [0.4, 0.5) is 18.9 Å². The van der Waals surface area contributed by atoms with E-state index in [4.69, 9.17) is 21.1 Å². The van der Waals surface area contributed by atoms with Crippen LogP contribution in [0.25, 0.3) is 4.91 Å². The number of methoxy groups -OCH3 is 1. The highest BCUT2D eigenvalue weighted by Crippen LogP contribution is 2.43. The third-order valence-electron chi connectivity index (χ3n) is 5.17. The van der Waals surface area contributed by atoms with E-state index in [-0.39, 0.29) is 23.4 Å². The number of carbonyl (C=O) groups excluding carboxylic acids is 1. The first-order valence-electron chi connectivity index (χ1n) is 10.2. The van der Waals surface area contributed by atoms with E-state index in [2.05, 4.69) is 4.99 Å². The first-order valence-corrected chi connectivity index (χ1v) is 11.5. The van der Waals surface area contributed by atoms with E-state index in [1.165, 1.54) is 42.2 Å². The number of ether oxygens (including phenoxy) is 2. The molecule has 2 aromatic carbocycles. The summed E-state index contributed by atoms with van der Waals surface area (Å²) in [4.78, 5) is 20.1. The first-order chi connectivity index (χ1) is 16.1. The molecule has 2 aromatic rings. The van der Waals surface area contributed by atoms with Gasteiger partial charge in [0.1, 0.15) is 11.9 Å². The van der Waals surface area contributed by atoms with E-state index in [1.54, 1.807) is 18.2 Å². The van der Waals surface area contributed by atoms with Gasteiger partial charge in [-0.2, -0.15) is 13.2 Å². The summed E-state index contributed by atoms with van der Waals surface area (Å²) in [7, 11) is 1.37. The summed E-state index contributed by atoms with van der Waals surface area (Å²) in [6.45, 7) is -0.557. The number of halogens is 4. The Morgan fingerprint density at radius 2 is 1.94 bits per heavy atom. The molecular formula is C23H20ClF3N2O4S. The van der Waals surface area contributed by atoms with Gasteiger partial charge in [0, 0.05) is 16.0 Å². The largest absolute Gasteiger partial charge is 0.493 e. The van der Waals surface area contributed by atoms with Gasteiger partial charge in [-0.3, -0.25) is 14.7 Å². The molecule has 0 fully saturated rings. The molecule has 2 heterocycles. The van der Waals surface area contributed by atoms with Gasteiger partial charge in [-0.25, -0.2) is 0 Å². The van der Waals surface area contributed by atoms with E-state index in [0.29, 0.717) is 10.7 Å². The molecule has 0 saturated heterocycles. The molecule has 0 aliphatic carbocycles. The number of nitrogens with zero attached hydrogens (tertiary/aromatic N) is 2. The van der Waals surface area contributed by atoms with E-state index < -0.39 is 30.6 Å². The van der Waals surface area contributed by atoms with Crippen LogP contribution in [0.5, 0.6) is 11.5 Å². The van der Waals surface area contributed by atoms with Gasteiger partial charge in [0.05, 0.1) is 37.7 Å². The number of aliphatic hydroxyl groups is 1. The maximum Gasteiger partial charge on any atom is 0.391 e. The number of aliphatic imine (C=N–C) groups is 1. The smallest absolute Gasteiger partial charge is 0.391 e. The Morgan fingerprint density at radius 1 is 1.21 bits per heavy atom. The molecule has 180 valence electrons. The van der Waals surface area contributed by atoms with E-state index >= 15 is 0 Å². The van der Waals surface area contributed by atoms with Crippen LogP contribution in [0, 0.1) is 0 Å². The van der Waals surface area contributed by atoms with Crippen molar-refractivity contribution in [2.45, 2.75) is 30.0 Å². The average Bonchev–Trinajstić information content (AvgIpc) is 3.22. The summed E-state index contributed by atoms with van der Waals surface area (Å²) >= 11 is 7.39. The number of thioether (sulfide) groups is 1. The average molecular weight is 513 g/mol. The van der Waals surface area contributed by atoms with Crippen LogP contribution < -0.4 is 14.4 Å². The van der Waals surface area contributed by atoms with Crippen molar-refractivity contribution in [2.24, 2.45) is 4.99 Å². The SMILES string of the molecule is COc1cc(N2C=NC3C=C(c4ccc(Cl)cc4)SC3C2=O)ccc1OCC(O)CC(F)(F)F. The van der Waals surface area contributed by atoms with E-state index in [0.717, 1.165) is 10.5 Å². The molecule has 4 rings (SSSR count). The van der Waals surface area contributed by atoms with Crippen LogP contribution in [0.2, 0.25) is 5.02 Å². The number of rotatable bonds is 7. The zero-order valence-electron chi connectivity index (χ0n) is 17.8. The van der Waals surface area contributed by atoms with Crippen molar-refractivity contribution in [1.29, 1.82) is 0 Å². The van der Waals surface area contributed by atoms with Crippen molar-refractivity contribution in [3.63, 3.8) is 0 Å². The minimum Gasteiger partial charge on any atom is -0.493 e. The zero-order valence-corrected chi connectivity index (χ0v) is 19.4. The fourth-order valence-electron chi connectivity index (χ4n) is 3.55. The quantitative estimate of drug-likeness (QED) is 0.569. The van der Waals surface area contributed by atoms with Crippen LogP contribution in [0.1, 0.15) is 12.0 Å². The lowest BCUT2D eigenvalue weighted by Crippen LogP contribution is -2.44. The molecule has 2 aliphatic rings. The Kier molecular flexibility index (Phi) is 7.11. The number of hydrogen-bond acceptors (Lipinski definition) is 6. The third-order valence-corrected chi connectivity index (χ3v) is 6.79. The second-order valence-electron chi connectivity index (χ2n) is 7.66. The molecule has 2 aliphatic heterocycles.